The molecule has 0 aliphatic heterocycles. The molecule has 0 saturated heterocycles. The minimum atomic E-state index is -4.67. The molecule has 25 heavy (non-hydrogen) atoms. The van der Waals surface area contributed by atoms with Crippen LogP contribution in [0.25, 0.3) is 6.08 Å². The van der Waals surface area contributed by atoms with E-state index in [0.717, 1.165) is 11.1 Å². The van der Waals surface area contributed by atoms with Crippen LogP contribution < -0.4 is 4.74 Å². The Morgan fingerprint density at radius 2 is 1.68 bits per heavy atom. The zero-order valence-corrected chi connectivity index (χ0v) is 13.9. The topological polar surface area (TPSA) is 30.8 Å². The lowest BCUT2D eigenvalue weighted by atomic mass is 10.1. The van der Waals surface area contributed by atoms with Gasteiger partial charge in [0.05, 0.1) is 12.8 Å². The molecule has 2 aromatic carbocycles. The molecule has 0 radical (unpaired) electrons. The summed E-state index contributed by atoms with van der Waals surface area (Å²) in [5.74, 6) is -0.749. The maximum atomic E-state index is 13.0. The Kier molecular flexibility index (Phi) is 6.22. The van der Waals surface area contributed by atoms with E-state index in [0.29, 0.717) is 5.75 Å². The van der Waals surface area contributed by atoms with E-state index in [1.807, 2.05) is 31.2 Å². The molecule has 0 amide bonds. The maximum Gasteiger partial charge on any atom is 0.468 e. The zero-order chi connectivity index (χ0) is 18.3. The van der Waals surface area contributed by atoms with E-state index in [9.17, 15) is 13.2 Å². The van der Waals surface area contributed by atoms with Crippen LogP contribution in [0.5, 0.6) is 5.75 Å². The van der Waals surface area contributed by atoms with Crippen molar-refractivity contribution in [2.24, 2.45) is 4.99 Å². The summed E-state index contributed by atoms with van der Waals surface area (Å²) in [5.41, 5.74) is 2.13. The summed E-state index contributed by atoms with van der Waals surface area (Å²) in [7, 11) is 1.48. The van der Waals surface area contributed by atoms with Gasteiger partial charge in [0.25, 0.3) is 5.90 Å². The number of ether oxygens (including phenoxy) is 2. The second-order valence-electron chi connectivity index (χ2n) is 5.24. The van der Waals surface area contributed by atoms with Crippen LogP contribution in [-0.2, 0) is 4.74 Å². The molecular formula is C19H18F3NO2. The van der Waals surface area contributed by atoms with E-state index in [1.54, 1.807) is 6.08 Å². The number of alkyl halides is 3. The third kappa shape index (κ3) is 5.99. The molecule has 2 rings (SSSR count). The average Bonchev–Trinajstić information content (AvgIpc) is 2.59. The van der Waals surface area contributed by atoms with Crippen LogP contribution in [0.3, 0.4) is 0 Å². The molecule has 2 aromatic rings. The summed E-state index contributed by atoms with van der Waals surface area (Å²) in [6.45, 7) is 1.73. The van der Waals surface area contributed by atoms with E-state index in [-0.39, 0.29) is 12.3 Å². The molecule has 0 N–H and O–H groups in total. The molecular weight excluding hydrogens is 331 g/mol. The third-order valence-electron chi connectivity index (χ3n) is 3.25. The zero-order valence-electron chi connectivity index (χ0n) is 13.9. The van der Waals surface area contributed by atoms with Crippen molar-refractivity contribution in [2.45, 2.75) is 13.1 Å². The van der Waals surface area contributed by atoms with Gasteiger partial charge in [-0.15, -0.1) is 0 Å². The molecule has 0 unspecified atom stereocenters. The van der Waals surface area contributed by atoms with Crippen molar-refractivity contribution in [3.05, 3.63) is 65.7 Å². The Morgan fingerprint density at radius 1 is 1.04 bits per heavy atom. The number of methoxy groups -OCH3 is 1. The van der Waals surface area contributed by atoms with Crippen LogP contribution in [0.1, 0.15) is 11.1 Å². The van der Waals surface area contributed by atoms with E-state index in [1.165, 1.54) is 37.5 Å². The lowest BCUT2D eigenvalue weighted by Gasteiger charge is -2.11. The largest absolute Gasteiger partial charge is 0.497 e. The van der Waals surface area contributed by atoms with E-state index >= 15 is 0 Å². The highest BCUT2D eigenvalue weighted by molar-refractivity contribution is 5.84. The van der Waals surface area contributed by atoms with Gasteiger partial charge in [-0.05, 0) is 42.8 Å². The minimum Gasteiger partial charge on any atom is -0.497 e. The predicted molar refractivity (Wildman–Crippen MR) is 92.3 cm³/mol. The fourth-order valence-electron chi connectivity index (χ4n) is 1.94. The molecule has 0 aliphatic carbocycles. The summed E-state index contributed by atoms with van der Waals surface area (Å²) in [6, 6.07) is 13.5. The highest BCUT2D eigenvalue weighted by atomic mass is 19.4. The van der Waals surface area contributed by atoms with Gasteiger partial charge in [0, 0.05) is 0 Å². The van der Waals surface area contributed by atoms with Crippen LogP contribution in [0.2, 0.25) is 0 Å². The first-order valence-electron chi connectivity index (χ1n) is 7.54. The number of hydrogen-bond acceptors (Lipinski definition) is 3. The molecule has 132 valence electrons. The Hall–Kier alpha value is -2.76. The van der Waals surface area contributed by atoms with Gasteiger partial charge in [-0.3, -0.25) is 0 Å². The summed E-state index contributed by atoms with van der Waals surface area (Å²) in [4.78, 5) is 3.54. The molecule has 0 saturated carbocycles. The van der Waals surface area contributed by atoms with Crippen molar-refractivity contribution in [3.8, 4) is 5.75 Å². The van der Waals surface area contributed by atoms with Gasteiger partial charge in [0.1, 0.15) is 12.4 Å². The standard InChI is InChI=1S/C19H18F3NO2/c1-14-5-7-15(8-6-14)4-3-13-25-18(19(20,21)22)23-16-9-11-17(24-2)12-10-16/h3-12H,13H2,1-2H3/b4-3+,23-18?. The van der Waals surface area contributed by atoms with Crippen molar-refractivity contribution in [1.29, 1.82) is 0 Å². The van der Waals surface area contributed by atoms with Crippen LogP contribution >= 0.6 is 0 Å². The molecule has 0 aromatic heterocycles. The van der Waals surface area contributed by atoms with Gasteiger partial charge >= 0.3 is 6.18 Å². The van der Waals surface area contributed by atoms with Gasteiger partial charge in [-0.1, -0.05) is 35.9 Å². The second-order valence-corrected chi connectivity index (χ2v) is 5.24. The van der Waals surface area contributed by atoms with Gasteiger partial charge < -0.3 is 9.47 Å². The smallest absolute Gasteiger partial charge is 0.468 e. The third-order valence-corrected chi connectivity index (χ3v) is 3.25. The van der Waals surface area contributed by atoms with Crippen LogP contribution in [-0.4, -0.2) is 25.8 Å². The minimum absolute atomic E-state index is 0.135. The number of aryl methyl sites for hydroxylation is 1. The van der Waals surface area contributed by atoms with Crippen LogP contribution in [0.15, 0.2) is 59.6 Å². The molecule has 3 nitrogen and oxygen atoms in total. The SMILES string of the molecule is COc1ccc(N=C(OC/C=C/c2ccc(C)cc2)C(F)(F)F)cc1. The fraction of sp³-hybridized carbons (Fsp3) is 0.211. The quantitative estimate of drug-likeness (QED) is 0.540. The molecule has 0 bridgehead atoms. The van der Waals surface area contributed by atoms with Crippen molar-refractivity contribution >= 4 is 17.7 Å². The first kappa shape index (κ1) is 18.6. The van der Waals surface area contributed by atoms with Crippen molar-refractivity contribution < 1.29 is 22.6 Å². The van der Waals surface area contributed by atoms with Gasteiger partial charge in [0.15, 0.2) is 0 Å². The molecule has 0 spiro atoms. The van der Waals surface area contributed by atoms with Crippen molar-refractivity contribution in [1.82, 2.24) is 0 Å². The summed E-state index contributed by atoms with van der Waals surface area (Å²) >= 11 is 0. The Bertz CT molecular complexity index is 733. The number of aliphatic imine (C=N–C) groups is 1. The Morgan fingerprint density at radius 3 is 2.24 bits per heavy atom. The van der Waals surface area contributed by atoms with Gasteiger partial charge in [-0.2, -0.15) is 13.2 Å². The number of benzene rings is 2. The number of nitrogens with zero attached hydrogens (tertiary/aromatic N) is 1. The van der Waals surface area contributed by atoms with Crippen LogP contribution in [0, 0.1) is 6.92 Å². The predicted octanol–water partition coefficient (Wildman–Crippen LogP) is 5.33. The highest BCUT2D eigenvalue weighted by Gasteiger charge is 2.38. The monoisotopic (exact) mass is 349 g/mol. The van der Waals surface area contributed by atoms with Gasteiger partial charge in [0.2, 0.25) is 0 Å². The van der Waals surface area contributed by atoms with Crippen LogP contribution in [0.4, 0.5) is 18.9 Å². The Balaban J connectivity index is 2.04. The van der Waals surface area contributed by atoms with E-state index in [4.69, 9.17) is 9.47 Å². The van der Waals surface area contributed by atoms with E-state index < -0.39 is 12.1 Å². The lowest BCUT2D eigenvalue weighted by molar-refractivity contribution is -0.0769. The number of rotatable bonds is 5. The molecule has 0 aliphatic rings. The first-order chi connectivity index (χ1) is 11.9. The van der Waals surface area contributed by atoms with Crippen molar-refractivity contribution in [3.63, 3.8) is 0 Å². The lowest BCUT2D eigenvalue weighted by Crippen LogP contribution is -2.25. The average molecular weight is 349 g/mol. The Labute approximate surface area is 144 Å². The molecule has 6 heteroatoms. The highest BCUT2D eigenvalue weighted by Crippen LogP contribution is 2.24. The summed E-state index contributed by atoms with van der Waals surface area (Å²) in [6.07, 6.45) is -1.46. The maximum absolute atomic E-state index is 13.0. The molecule has 0 heterocycles. The summed E-state index contributed by atoms with van der Waals surface area (Å²) in [5, 5.41) is 0. The molecule has 0 atom stereocenters. The number of halogens is 3. The fourth-order valence-corrected chi connectivity index (χ4v) is 1.94. The normalized spacial score (nSPS) is 12.4. The van der Waals surface area contributed by atoms with Gasteiger partial charge in [-0.25, -0.2) is 4.99 Å². The van der Waals surface area contributed by atoms with E-state index in [2.05, 4.69) is 4.99 Å². The van der Waals surface area contributed by atoms with Crippen molar-refractivity contribution in [2.75, 3.05) is 13.7 Å². The summed E-state index contributed by atoms with van der Waals surface area (Å²) < 4.78 is 48.9. The number of hydrogen-bond donors (Lipinski definition) is 0. The first-order valence-corrected chi connectivity index (χ1v) is 7.54. The molecule has 0 fully saturated rings. The second kappa shape index (κ2) is 8.37.